The zero-order valence-electron chi connectivity index (χ0n) is 45.9. The molecule has 0 aromatic carbocycles. The molecule has 0 saturated carbocycles. The summed E-state index contributed by atoms with van der Waals surface area (Å²) in [4.78, 5) is 38.2. The Balaban J connectivity index is 4.60. The van der Waals surface area contributed by atoms with Crippen molar-refractivity contribution in [3.8, 4) is 0 Å². The normalized spacial score (nSPS) is 13.3. The minimum Gasteiger partial charge on any atom is -0.462 e. The van der Waals surface area contributed by atoms with Crippen molar-refractivity contribution in [2.45, 2.75) is 226 Å². The lowest BCUT2D eigenvalue weighted by molar-refractivity contribution is -0.167. The molecule has 0 spiro atoms. The Morgan fingerprint density at radius 2 is 0.611 bits per heavy atom. The van der Waals surface area contributed by atoms with E-state index in [1.54, 1.807) is 0 Å². The third-order valence-electron chi connectivity index (χ3n) is 11.5. The summed E-state index contributed by atoms with van der Waals surface area (Å²) in [5.41, 5.74) is 0. The first-order valence-electron chi connectivity index (χ1n) is 28.6. The molecule has 72 heavy (non-hydrogen) atoms. The Kier molecular flexibility index (Phi) is 54.6. The molecule has 0 fully saturated rings. The van der Waals surface area contributed by atoms with Crippen LogP contribution < -0.4 is 0 Å². The highest BCUT2D eigenvalue weighted by atomic mass is 16.6. The maximum absolute atomic E-state index is 12.9. The zero-order valence-corrected chi connectivity index (χ0v) is 45.9. The molecule has 0 aromatic heterocycles. The quantitative estimate of drug-likeness (QED) is 0.0199. The van der Waals surface area contributed by atoms with E-state index in [2.05, 4.69) is 106 Å². The van der Waals surface area contributed by atoms with E-state index in [-0.39, 0.29) is 44.0 Å². The third kappa shape index (κ3) is 56.0. The molecule has 0 heterocycles. The average molecular weight is 992 g/mol. The first-order chi connectivity index (χ1) is 35.5. The van der Waals surface area contributed by atoms with Crippen LogP contribution in [0.15, 0.2) is 158 Å². The lowest BCUT2D eigenvalue weighted by atomic mass is 10.1. The van der Waals surface area contributed by atoms with Crippen LogP contribution in [0.4, 0.5) is 0 Å². The molecule has 0 radical (unpaired) electrons. The van der Waals surface area contributed by atoms with Gasteiger partial charge in [0.05, 0.1) is 0 Å². The monoisotopic (exact) mass is 991 g/mol. The summed E-state index contributed by atoms with van der Waals surface area (Å²) in [5, 5.41) is 0. The van der Waals surface area contributed by atoms with Gasteiger partial charge in [0, 0.05) is 19.3 Å². The van der Waals surface area contributed by atoms with Crippen LogP contribution >= 0.6 is 0 Å². The van der Waals surface area contributed by atoms with Gasteiger partial charge in [0.2, 0.25) is 0 Å². The summed E-state index contributed by atoms with van der Waals surface area (Å²) < 4.78 is 16.8. The van der Waals surface area contributed by atoms with Gasteiger partial charge in [0.1, 0.15) is 13.2 Å². The summed E-state index contributed by atoms with van der Waals surface area (Å²) >= 11 is 0. The van der Waals surface area contributed by atoms with Crippen LogP contribution in [0, 0.1) is 0 Å². The number of hydrogen-bond donors (Lipinski definition) is 0. The second kappa shape index (κ2) is 58.6. The van der Waals surface area contributed by atoms with E-state index in [1.165, 1.54) is 57.8 Å². The van der Waals surface area contributed by atoms with Crippen molar-refractivity contribution < 1.29 is 28.6 Å². The smallest absolute Gasteiger partial charge is 0.306 e. The van der Waals surface area contributed by atoms with Crippen molar-refractivity contribution in [3.05, 3.63) is 158 Å². The fourth-order valence-corrected chi connectivity index (χ4v) is 7.23. The first-order valence-corrected chi connectivity index (χ1v) is 28.6. The highest BCUT2D eigenvalue weighted by molar-refractivity contribution is 5.71. The molecule has 0 N–H and O–H groups in total. The average Bonchev–Trinajstić information content (AvgIpc) is 3.38. The fraction of sp³-hybridized carbons (Fsp3) is 0.561. The maximum Gasteiger partial charge on any atom is 0.306 e. The lowest BCUT2D eigenvalue weighted by Crippen LogP contribution is -2.30. The highest BCUT2D eigenvalue weighted by Crippen LogP contribution is 2.13. The molecule has 0 aromatic rings. The minimum absolute atomic E-state index is 0.120. The molecule has 0 aliphatic heterocycles. The topological polar surface area (TPSA) is 78.9 Å². The largest absolute Gasteiger partial charge is 0.462 e. The zero-order chi connectivity index (χ0) is 52.2. The van der Waals surface area contributed by atoms with E-state index in [4.69, 9.17) is 14.2 Å². The van der Waals surface area contributed by atoms with E-state index in [0.717, 1.165) is 116 Å². The molecule has 1 atom stereocenters. The van der Waals surface area contributed by atoms with Crippen LogP contribution in [0.25, 0.3) is 0 Å². The summed E-state index contributed by atoms with van der Waals surface area (Å²) in [7, 11) is 0. The van der Waals surface area contributed by atoms with Crippen molar-refractivity contribution in [2.24, 2.45) is 0 Å². The van der Waals surface area contributed by atoms with E-state index >= 15 is 0 Å². The van der Waals surface area contributed by atoms with Gasteiger partial charge >= 0.3 is 17.9 Å². The fourth-order valence-electron chi connectivity index (χ4n) is 7.23. The third-order valence-corrected chi connectivity index (χ3v) is 11.5. The number of ether oxygens (including phenoxy) is 3. The van der Waals surface area contributed by atoms with Gasteiger partial charge in [-0.3, -0.25) is 14.4 Å². The summed E-state index contributed by atoms with van der Waals surface area (Å²) in [5.74, 6) is -1.01. The van der Waals surface area contributed by atoms with Gasteiger partial charge in [-0.1, -0.05) is 256 Å². The van der Waals surface area contributed by atoms with E-state index in [9.17, 15) is 14.4 Å². The molecular weight excluding hydrogens is 889 g/mol. The van der Waals surface area contributed by atoms with Gasteiger partial charge in [-0.15, -0.1) is 0 Å². The second-order valence-electron chi connectivity index (χ2n) is 18.3. The van der Waals surface area contributed by atoms with Crippen molar-refractivity contribution in [3.63, 3.8) is 0 Å². The number of hydrogen-bond acceptors (Lipinski definition) is 6. The van der Waals surface area contributed by atoms with Crippen LogP contribution in [0.5, 0.6) is 0 Å². The number of esters is 3. The number of rotatable bonds is 49. The molecule has 1 unspecified atom stereocenters. The Labute approximate surface area is 441 Å². The van der Waals surface area contributed by atoms with Crippen molar-refractivity contribution in [2.75, 3.05) is 13.2 Å². The van der Waals surface area contributed by atoms with Gasteiger partial charge in [0.15, 0.2) is 6.10 Å². The number of carbonyl (C=O) groups excluding carboxylic acids is 3. The van der Waals surface area contributed by atoms with E-state index in [1.807, 2.05) is 72.9 Å². The molecule has 0 amide bonds. The van der Waals surface area contributed by atoms with Crippen molar-refractivity contribution in [1.82, 2.24) is 0 Å². The molecular formula is C66H102O6. The van der Waals surface area contributed by atoms with Crippen molar-refractivity contribution in [1.29, 1.82) is 0 Å². The van der Waals surface area contributed by atoms with Gasteiger partial charge in [-0.2, -0.15) is 0 Å². The van der Waals surface area contributed by atoms with Gasteiger partial charge in [-0.05, 0) is 103 Å². The molecule has 402 valence electrons. The van der Waals surface area contributed by atoms with Crippen molar-refractivity contribution >= 4 is 17.9 Å². The predicted octanol–water partition coefficient (Wildman–Crippen LogP) is 19.4. The molecule has 0 aliphatic carbocycles. The molecule has 0 aliphatic rings. The van der Waals surface area contributed by atoms with Crippen LogP contribution in [0.2, 0.25) is 0 Å². The lowest BCUT2D eigenvalue weighted by Gasteiger charge is -2.18. The van der Waals surface area contributed by atoms with Gasteiger partial charge in [0.25, 0.3) is 0 Å². The molecule has 0 bridgehead atoms. The second-order valence-corrected chi connectivity index (χ2v) is 18.3. The predicted molar refractivity (Wildman–Crippen MR) is 311 cm³/mol. The van der Waals surface area contributed by atoms with E-state index in [0.29, 0.717) is 12.8 Å². The maximum atomic E-state index is 12.9. The standard InChI is InChI=1S/C66H102O6/c1-4-7-10-13-16-19-22-25-28-31-33-35-38-41-44-47-50-53-56-59-65(68)71-62-63(61-70-64(67)58-55-52-49-46-43-40-37-30-27-24-21-18-15-12-9-6-3)72-66(69)60-57-54-51-48-45-42-39-36-34-32-29-26-23-20-17-14-11-8-5-2/h7-8,10-11,13,16-17,19-20,22,25-26,28-31,33-38,40-41,43-44,63H,4-6,9,12,14-15,18,21,23-24,27,32,39,42,45-62H2,1-3H3/b10-7-,11-8-,16-13-,20-17-,22-19-,28-25-,29-26-,33-31+,36-34-,37-30-,38-35-,43-40-,44-41-. The van der Waals surface area contributed by atoms with Crippen LogP contribution in [-0.2, 0) is 28.6 Å². The Hall–Kier alpha value is -4.97. The molecule has 6 nitrogen and oxygen atoms in total. The van der Waals surface area contributed by atoms with Crippen LogP contribution in [0.3, 0.4) is 0 Å². The number of unbranched alkanes of at least 4 members (excludes halogenated alkanes) is 19. The summed E-state index contributed by atoms with van der Waals surface area (Å²) in [6.07, 6.45) is 85.1. The Morgan fingerprint density at radius 3 is 1.04 bits per heavy atom. The van der Waals surface area contributed by atoms with E-state index < -0.39 is 6.10 Å². The van der Waals surface area contributed by atoms with Gasteiger partial charge in [-0.25, -0.2) is 0 Å². The minimum atomic E-state index is -0.825. The number of allylic oxidation sites excluding steroid dienone is 26. The van der Waals surface area contributed by atoms with Crippen LogP contribution in [-0.4, -0.2) is 37.2 Å². The van der Waals surface area contributed by atoms with Gasteiger partial charge < -0.3 is 14.2 Å². The molecule has 6 heteroatoms. The Morgan fingerprint density at radius 1 is 0.306 bits per heavy atom. The highest BCUT2D eigenvalue weighted by Gasteiger charge is 2.19. The van der Waals surface area contributed by atoms with Crippen LogP contribution in [0.1, 0.15) is 220 Å². The molecule has 0 rings (SSSR count). The summed E-state index contributed by atoms with van der Waals surface area (Å²) in [6.45, 7) is 6.29. The summed E-state index contributed by atoms with van der Waals surface area (Å²) in [6, 6.07) is 0. The number of carbonyl (C=O) groups is 3. The molecule has 0 saturated heterocycles. The SMILES string of the molecule is CC\C=C/C=C\C=C/C=C\C=C\C=C/C=C\CCCCCC(=O)OCC(COC(=O)CCCCC/C=C\C=C/CCCCCCCCC)OC(=O)CCCCCCCC/C=C\C/C=C\C/C=C\C/C=C\CC. The first kappa shape index (κ1) is 67.0. The Bertz CT molecular complexity index is 1660.